The van der Waals surface area contributed by atoms with Gasteiger partial charge in [0.1, 0.15) is 5.82 Å². The number of ether oxygens (including phenoxy) is 1. The lowest BCUT2D eigenvalue weighted by molar-refractivity contribution is -0.139. The van der Waals surface area contributed by atoms with E-state index in [0.29, 0.717) is 35.9 Å². The largest absolute Gasteiger partial charge is 0.463 e. The Hall–Kier alpha value is -3.14. The van der Waals surface area contributed by atoms with E-state index in [9.17, 15) is 18.8 Å². The van der Waals surface area contributed by atoms with E-state index in [4.69, 9.17) is 27.9 Å². The average Bonchev–Trinajstić information content (AvgIpc) is 2.88. The zero-order chi connectivity index (χ0) is 27.6. The normalized spacial score (nSPS) is 20.4. The number of amides is 3. The fourth-order valence-electron chi connectivity index (χ4n) is 4.85. The molecule has 0 aromatic heterocycles. The first kappa shape index (κ1) is 27.9. The number of hydrogen-bond acceptors (Lipinski definition) is 5. The second-order valence-corrected chi connectivity index (χ2v) is 10.0. The summed E-state index contributed by atoms with van der Waals surface area (Å²) >= 11 is 12.7. The van der Waals surface area contributed by atoms with Crippen LogP contribution in [0.15, 0.2) is 53.7 Å². The lowest BCUT2D eigenvalue weighted by Crippen LogP contribution is -2.56. The molecule has 0 radical (unpaired) electrons. The van der Waals surface area contributed by atoms with Gasteiger partial charge in [-0.1, -0.05) is 47.5 Å². The van der Waals surface area contributed by atoms with Crippen LogP contribution in [-0.4, -0.2) is 78.5 Å². The van der Waals surface area contributed by atoms with Crippen molar-refractivity contribution in [3.05, 3.63) is 80.7 Å². The molecule has 4 rings (SSSR count). The van der Waals surface area contributed by atoms with Crippen LogP contribution in [0.1, 0.15) is 35.8 Å². The predicted octanol–water partition coefficient (Wildman–Crippen LogP) is 4.49. The van der Waals surface area contributed by atoms with Gasteiger partial charge >= 0.3 is 12.0 Å². The molecule has 2 aromatic rings. The third kappa shape index (κ3) is 5.50. The van der Waals surface area contributed by atoms with Crippen molar-refractivity contribution in [1.29, 1.82) is 0 Å². The summed E-state index contributed by atoms with van der Waals surface area (Å²) in [5.74, 6) is -1.50. The van der Waals surface area contributed by atoms with Gasteiger partial charge in [0.15, 0.2) is 0 Å². The number of rotatable bonds is 6. The molecule has 8 nitrogen and oxygen atoms in total. The molecule has 2 unspecified atom stereocenters. The van der Waals surface area contributed by atoms with Crippen LogP contribution >= 0.6 is 23.2 Å². The van der Waals surface area contributed by atoms with Gasteiger partial charge in [0.05, 0.1) is 33.8 Å². The predicted molar refractivity (Wildman–Crippen MR) is 142 cm³/mol. The van der Waals surface area contributed by atoms with Crippen LogP contribution in [0, 0.1) is 5.82 Å². The molecule has 38 heavy (non-hydrogen) atoms. The van der Waals surface area contributed by atoms with Crippen LogP contribution in [0.25, 0.3) is 0 Å². The van der Waals surface area contributed by atoms with Crippen molar-refractivity contribution < 1.29 is 23.5 Å². The van der Waals surface area contributed by atoms with E-state index >= 15 is 0 Å². The van der Waals surface area contributed by atoms with Crippen molar-refractivity contribution in [1.82, 2.24) is 20.0 Å². The Morgan fingerprint density at radius 2 is 1.87 bits per heavy atom. The molecule has 2 aliphatic rings. The summed E-state index contributed by atoms with van der Waals surface area (Å²) in [6, 6.07) is 9.45. The van der Waals surface area contributed by atoms with Crippen LogP contribution in [-0.2, 0) is 9.53 Å². The minimum Gasteiger partial charge on any atom is -0.463 e. The van der Waals surface area contributed by atoms with Crippen molar-refractivity contribution in [2.75, 3.05) is 39.8 Å². The van der Waals surface area contributed by atoms with Crippen LogP contribution < -0.4 is 5.32 Å². The molecule has 2 aliphatic heterocycles. The number of urea groups is 1. The molecule has 11 heteroatoms. The van der Waals surface area contributed by atoms with Gasteiger partial charge in [-0.05, 0) is 37.6 Å². The fourth-order valence-corrected chi connectivity index (χ4v) is 5.27. The molecule has 0 bridgehead atoms. The summed E-state index contributed by atoms with van der Waals surface area (Å²) in [5, 5.41) is 3.37. The number of hydrogen-bond donors (Lipinski definition) is 1. The van der Waals surface area contributed by atoms with E-state index in [-0.39, 0.29) is 41.3 Å². The number of carbonyl (C=O) groups is 3. The average molecular weight is 563 g/mol. The van der Waals surface area contributed by atoms with Gasteiger partial charge in [0, 0.05) is 45.0 Å². The molecule has 1 saturated heterocycles. The summed E-state index contributed by atoms with van der Waals surface area (Å²) in [5.41, 5.74) is 1.24. The van der Waals surface area contributed by atoms with E-state index in [1.165, 1.54) is 17.0 Å². The minimum atomic E-state index is -0.861. The Morgan fingerprint density at radius 3 is 2.55 bits per heavy atom. The molecule has 0 spiro atoms. The number of nitrogens with one attached hydrogen (secondary N) is 1. The quantitative estimate of drug-likeness (QED) is 0.524. The maximum Gasteiger partial charge on any atom is 0.338 e. The summed E-state index contributed by atoms with van der Waals surface area (Å²) in [7, 11) is 1.58. The molecule has 0 aliphatic carbocycles. The SMILES string of the molecule is CCOC(=O)C1=C(CN2CCN(C(=O)c3ccccc3F)C(C)C2)N(C)C(=O)NC1c1cccc(Cl)c1Cl. The third-order valence-electron chi connectivity index (χ3n) is 6.81. The topological polar surface area (TPSA) is 82.2 Å². The molecule has 0 saturated carbocycles. The Kier molecular flexibility index (Phi) is 8.60. The van der Waals surface area contributed by atoms with Gasteiger partial charge in [-0.2, -0.15) is 0 Å². The molecule has 2 heterocycles. The Labute approximate surface area is 230 Å². The highest BCUT2D eigenvalue weighted by molar-refractivity contribution is 6.42. The van der Waals surface area contributed by atoms with Crippen molar-refractivity contribution >= 4 is 41.1 Å². The smallest absolute Gasteiger partial charge is 0.338 e. The number of carbonyl (C=O) groups excluding carboxylic acids is 3. The first-order valence-corrected chi connectivity index (χ1v) is 13.1. The summed E-state index contributed by atoms with van der Waals surface area (Å²) in [6.07, 6.45) is 0. The molecule has 2 atom stereocenters. The van der Waals surface area contributed by atoms with Gasteiger partial charge in [-0.3, -0.25) is 14.6 Å². The highest BCUT2D eigenvalue weighted by atomic mass is 35.5. The lowest BCUT2D eigenvalue weighted by atomic mass is 9.94. The molecular weight excluding hydrogens is 534 g/mol. The monoisotopic (exact) mass is 562 g/mol. The molecule has 1 fully saturated rings. The first-order chi connectivity index (χ1) is 18.1. The van der Waals surface area contributed by atoms with E-state index in [1.807, 2.05) is 6.92 Å². The Balaban J connectivity index is 1.64. The summed E-state index contributed by atoms with van der Waals surface area (Å²) in [6.45, 7) is 5.27. The van der Waals surface area contributed by atoms with Gasteiger partial charge in [0.25, 0.3) is 5.91 Å². The van der Waals surface area contributed by atoms with E-state index in [0.717, 1.165) is 0 Å². The van der Waals surface area contributed by atoms with Gasteiger partial charge in [-0.15, -0.1) is 0 Å². The summed E-state index contributed by atoms with van der Waals surface area (Å²) in [4.78, 5) is 44.3. The van der Waals surface area contributed by atoms with Gasteiger partial charge < -0.3 is 15.0 Å². The zero-order valence-electron chi connectivity index (χ0n) is 21.3. The number of piperazine rings is 1. The molecule has 202 valence electrons. The van der Waals surface area contributed by atoms with Crippen LogP contribution in [0.3, 0.4) is 0 Å². The van der Waals surface area contributed by atoms with E-state index < -0.39 is 23.9 Å². The standard InChI is InChI=1S/C27H29Cl2FN4O4/c1-4-38-26(36)22-21(32(3)27(37)31-24(22)18-9-7-10-19(28)23(18)29)15-33-12-13-34(16(2)14-33)25(35)17-8-5-6-11-20(17)30/h5-11,16,24H,4,12-15H2,1-3H3,(H,31,37). The molecule has 3 amide bonds. The van der Waals surface area contributed by atoms with Gasteiger partial charge in [-0.25, -0.2) is 14.0 Å². The van der Waals surface area contributed by atoms with Crippen molar-refractivity contribution in [2.45, 2.75) is 25.9 Å². The second kappa shape index (κ2) is 11.7. The Morgan fingerprint density at radius 1 is 1.13 bits per heavy atom. The first-order valence-electron chi connectivity index (χ1n) is 12.3. The van der Waals surface area contributed by atoms with Crippen LogP contribution in [0.2, 0.25) is 10.0 Å². The molecule has 2 aromatic carbocycles. The maximum absolute atomic E-state index is 14.2. The fraction of sp³-hybridized carbons (Fsp3) is 0.370. The van der Waals surface area contributed by atoms with Crippen LogP contribution in [0.4, 0.5) is 9.18 Å². The number of likely N-dealkylation sites (N-methyl/N-ethyl adjacent to an activating group) is 1. The minimum absolute atomic E-state index is 0.0324. The molecular formula is C27H29Cl2FN4O4. The maximum atomic E-state index is 14.2. The highest BCUT2D eigenvalue weighted by Gasteiger charge is 2.39. The third-order valence-corrected chi connectivity index (χ3v) is 7.65. The van der Waals surface area contributed by atoms with E-state index in [2.05, 4.69) is 10.2 Å². The molecule has 1 N–H and O–H groups in total. The second-order valence-electron chi connectivity index (χ2n) is 9.23. The van der Waals surface area contributed by atoms with Crippen molar-refractivity contribution in [2.24, 2.45) is 0 Å². The lowest BCUT2D eigenvalue weighted by Gasteiger charge is -2.42. The number of benzene rings is 2. The van der Waals surface area contributed by atoms with Gasteiger partial charge in [0.2, 0.25) is 0 Å². The number of halogens is 3. The zero-order valence-corrected chi connectivity index (χ0v) is 22.9. The Bertz CT molecular complexity index is 1290. The highest BCUT2D eigenvalue weighted by Crippen LogP contribution is 2.37. The van der Waals surface area contributed by atoms with E-state index in [1.54, 1.807) is 49.2 Å². The summed E-state index contributed by atoms with van der Waals surface area (Å²) < 4.78 is 19.6. The van der Waals surface area contributed by atoms with Crippen LogP contribution in [0.5, 0.6) is 0 Å². The number of nitrogens with zero attached hydrogens (tertiary/aromatic N) is 3. The van der Waals surface area contributed by atoms with Crippen molar-refractivity contribution in [3.8, 4) is 0 Å². The van der Waals surface area contributed by atoms with Crippen molar-refractivity contribution in [3.63, 3.8) is 0 Å². The number of esters is 1.